The lowest BCUT2D eigenvalue weighted by Crippen LogP contribution is -2.42. The Hall–Kier alpha value is -3.38. The van der Waals surface area contributed by atoms with Gasteiger partial charge in [-0.1, -0.05) is 12.1 Å². The Morgan fingerprint density at radius 3 is 2.67 bits per heavy atom. The van der Waals surface area contributed by atoms with Crippen molar-refractivity contribution in [1.82, 2.24) is 10.2 Å². The lowest BCUT2D eigenvalue weighted by molar-refractivity contribution is -0.133. The van der Waals surface area contributed by atoms with Crippen LogP contribution in [-0.2, 0) is 15.1 Å². The van der Waals surface area contributed by atoms with Crippen molar-refractivity contribution in [2.75, 3.05) is 19.0 Å². The minimum Gasteiger partial charge on any atom is -0.497 e. The average molecular weight is 384 g/mol. The molecule has 0 bridgehead atoms. The summed E-state index contributed by atoms with van der Waals surface area (Å²) in [7, 11) is 1.53. The maximum atomic E-state index is 12.8. The molecule has 4 amide bonds. The number of carbonyl (C=O) groups excluding carboxylic acids is 3. The van der Waals surface area contributed by atoms with E-state index >= 15 is 0 Å². The maximum absolute atomic E-state index is 12.8. The van der Waals surface area contributed by atoms with Gasteiger partial charge in [0.1, 0.15) is 28.9 Å². The van der Waals surface area contributed by atoms with E-state index in [1.54, 1.807) is 42.6 Å². The van der Waals surface area contributed by atoms with Crippen LogP contribution in [0.5, 0.6) is 5.75 Å². The highest BCUT2D eigenvalue weighted by atomic mass is 32.1. The lowest BCUT2D eigenvalue weighted by atomic mass is 9.92. The summed E-state index contributed by atoms with van der Waals surface area (Å²) >= 11 is 1.19. The van der Waals surface area contributed by atoms with Gasteiger partial charge in [-0.05, 0) is 36.1 Å². The highest BCUT2D eigenvalue weighted by molar-refractivity contribution is 7.14. The molecule has 0 aliphatic carbocycles. The van der Waals surface area contributed by atoms with Crippen molar-refractivity contribution in [3.63, 3.8) is 0 Å². The van der Waals surface area contributed by atoms with Crippen LogP contribution in [0.1, 0.15) is 18.1 Å². The third kappa shape index (κ3) is 3.35. The van der Waals surface area contributed by atoms with Gasteiger partial charge in [0.05, 0.1) is 12.7 Å². The monoisotopic (exact) mass is 384 g/mol. The molecule has 2 aromatic rings. The average Bonchev–Trinajstić information content (AvgIpc) is 3.20. The van der Waals surface area contributed by atoms with Gasteiger partial charge in [0, 0.05) is 0 Å². The summed E-state index contributed by atoms with van der Waals surface area (Å²) in [6.45, 7) is 1.14. The molecule has 0 saturated carbocycles. The van der Waals surface area contributed by atoms with E-state index in [4.69, 9.17) is 10.00 Å². The van der Waals surface area contributed by atoms with Crippen molar-refractivity contribution in [2.24, 2.45) is 0 Å². The number of methoxy groups -OCH3 is 1. The van der Waals surface area contributed by atoms with Crippen LogP contribution in [0.2, 0.25) is 0 Å². The molecule has 27 heavy (non-hydrogen) atoms. The number of nitriles is 1. The van der Waals surface area contributed by atoms with Gasteiger partial charge >= 0.3 is 6.03 Å². The zero-order valence-corrected chi connectivity index (χ0v) is 15.4. The first-order valence-electron chi connectivity index (χ1n) is 7.95. The number of carbonyl (C=O) groups is 3. The normalized spacial score (nSPS) is 18.8. The first-order valence-corrected chi connectivity index (χ1v) is 8.83. The Morgan fingerprint density at radius 2 is 2.04 bits per heavy atom. The Balaban J connectivity index is 1.75. The first kappa shape index (κ1) is 18.4. The number of imide groups is 1. The number of hydrogen-bond acceptors (Lipinski definition) is 6. The van der Waals surface area contributed by atoms with E-state index in [1.165, 1.54) is 18.4 Å². The van der Waals surface area contributed by atoms with Crippen LogP contribution < -0.4 is 15.4 Å². The molecule has 0 spiro atoms. The summed E-state index contributed by atoms with van der Waals surface area (Å²) < 4.78 is 5.10. The van der Waals surface area contributed by atoms with E-state index in [-0.39, 0.29) is 0 Å². The van der Waals surface area contributed by atoms with Crippen LogP contribution in [0.3, 0.4) is 0 Å². The Kier molecular flexibility index (Phi) is 4.83. The molecule has 0 radical (unpaired) electrons. The fraction of sp³-hybridized carbons (Fsp3) is 0.222. The number of anilines is 1. The molecule has 1 fully saturated rings. The molecule has 2 N–H and O–H groups in total. The number of amides is 4. The summed E-state index contributed by atoms with van der Waals surface area (Å²) in [6.07, 6.45) is 0. The highest BCUT2D eigenvalue weighted by Gasteiger charge is 2.49. The number of hydrogen-bond donors (Lipinski definition) is 2. The third-order valence-electron chi connectivity index (χ3n) is 4.28. The Morgan fingerprint density at radius 1 is 1.33 bits per heavy atom. The van der Waals surface area contributed by atoms with Gasteiger partial charge in [0.2, 0.25) is 5.91 Å². The van der Waals surface area contributed by atoms with Crippen molar-refractivity contribution in [2.45, 2.75) is 12.5 Å². The number of urea groups is 1. The zero-order valence-electron chi connectivity index (χ0n) is 14.6. The molecule has 3 rings (SSSR count). The Labute approximate surface area is 159 Å². The number of nitrogens with one attached hydrogen (secondary N) is 2. The second-order valence-electron chi connectivity index (χ2n) is 6.00. The number of rotatable bonds is 5. The van der Waals surface area contributed by atoms with Crippen molar-refractivity contribution in [1.29, 1.82) is 5.26 Å². The molecule has 1 aliphatic heterocycles. The molecule has 1 aromatic heterocycles. The van der Waals surface area contributed by atoms with E-state index in [9.17, 15) is 14.4 Å². The predicted octanol–water partition coefficient (Wildman–Crippen LogP) is 2.03. The highest BCUT2D eigenvalue weighted by Crippen LogP contribution is 2.30. The fourth-order valence-electron chi connectivity index (χ4n) is 2.76. The number of benzene rings is 1. The van der Waals surface area contributed by atoms with Crippen LogP contribution in [0.25, 0.3) is 0 Å². The van der Waals surface area contributed by atoms with E-state index in [0.29, 0.717) is 21.9 Å². The van der Waals surface area contributed by atoms with Gasteiger partial charge in [-0.2, -0.15) is 5.26 Å². The van der Waals surface area contributed by atoms with Crippen molar-refractivity contribution in [3.05, 3.63) is 46.8 Å². The van der Waals surface area contributed by atoms with Crippen LogP contribution in [0, 0.1) is 11.3 Å². The molecule has 9 heteroatoms. The third-order valence-corrected chi connectivity index (χ3v) is 5.11. The van der Waals surface area contributed by atoms with Crippen LogP contribution >= 0.6 is 11.3 Å². The van der Waals surface area contributed by atoms with E-state index in [1.807, 2.05) is 6.07 Å². The standard InChI is InChI=1S/C18H16N4O4S/c1-18(12-3-5-13(26-2)6-4-12)16(24)22(17(25)21-18)10-14(23)20-15-11(9-19)7-8-27-15/h3-8H,10H2,1-2H3,(H,20,23)(H,21,25). The van der Waals surface area contributed by atoms with Gasteiger partial charge in [-0.25, -0.2) is 4.79 Å². The van der Waals surface area contributed by atoms with Gasteiger partial charge in [0.25, 0.3) is 5.91 Å². The van der Waals surface area contributed by atoms with E-state index in [2.05, 4.69) is 10.6 Å². The molecule has 138 valence electrons. The maximum Gasteiger partial charge on any atom is 0.325 e. The quantitative estimate of drug-likeness (QED) is 0.766. The van der Waals surface area contributed by atoms with E-state index < -0.39 is 29.9 Å². The Bertz CT molecular complexity index is 947. The number of ether oxygens (including phenoxy) is 1. The second kappa shape index (κ2) is 7.09. The molecule has 1 unspecified atom stereocenters. The van der Waals surface area contributed by atoms with E-state index in [0.717, 1.165) is 4.90 Å². The first-order chi connectivity index (χ1) is 12.9. The summed E-state index contributed by atoms with van der Waals surface area (Å²) in [5.41, 5.74) is -0.368. The summed E-state index contributed by atoms with van der Waals surface area (Å²) in [5, 5.41) is 16.2. The summed E-state index contributed by atoms with van der Waals surface area (Å²) in [4.78, 5) is 38.2. The van der Waals surface area contributed by atoms with Gasteiger partial charge in [-0.3, -0.25) is 14.5 Å². The largest absolute Gasteiger partial charge is 0.497 e. The lowest BCUT2D eigenvalue weighted by Gasteiger charge is -2.22. The predicted molar refractivity (Wildman–Crippen MR) is 98.3 cm³/mol. The second-order valence-corrected chi connectivity index (χ2v) is 6.91. The van der Waals surface area contributed by atoms with Crippen LogP contribution in [0.4, 0.5) is 9.80 Å². The van der Waals surface area contributed by atoms with Crippen molar-refractivity contribution < 1.29 is 19.1 Å². The smallest absolute Gasteiger partial charge is 0.325 e. The molecule has 1 saturated heterocycles. The fourth-order valence-corrected chi connectivity index (χ4v) is 3.52. The molecular formula is C18H16N4O4S. The number of nitrogens with zero attached hydrogens (tertiary/aromatic N) is 2. The summed E-state index contributed by atoms with van der Waals surface area (Å²) in [6, 6.07) is 9.64. The molecule has 1 atom stereocenters. The van der Waals surface area contributed by atoms with Crippen molar-refractivity contribution in [3.8, 4) is 11.8 Å². The zero-order chi connectivity index (χ0) is 19.6. The molecule has 2 heterocycles. The van der Waals surface area contributed by atoms with Gasteiger partial charge in [-0.15, -0.1) is 11.3 Å². The minimum absolute atomic E-state index is 0.327. The van der Waals surface area contributed by atoms with Crippen LogP contribution in [-0.4, -0.2) is 36.4 Å². The molecule has 1 aromatic carbocycles. The molecule has 8 nitrogen and oxygen atoms in total. The van der Waals surface area contributed by atoms with Gasteiger partial charge < -0.3 is 15.4 Å². The summed E-state index contributed by atoms with van der Waals surface area (Å²) in [5.74, 6) is -0.462. The SMILES string of the molecule is COc1ccc(C2(C)NC(=O)N(CC(=O)Nc3sccc3C#N)C2=O)cc1. The number of thiophene rings is 1. The van der Waals surface area contributed by atoms with Crippen LogP contribution in [0.15, 0.2) is 35.7 Å². The minimum atomic E-state index is -1.27. The molecular weight excluding hydrogens is 368 g/mol. The van der Waals surface area contributed by atoms with Crippen molar-refractivity contribution >= 4 is 34.2 Å². The molecule has 1 aliphatic rings. The van der Waals surface area contributed by atoms with Gasteiger partial charge in [0.15, 0.2) is 0 Å². The topological polar surface area (TPSA) is 112 Å².